The van der Waals surface area contributed by atoms with Crippen LogP contribution in [0.3, 0.4) is 0 Å². The maximum absolute atomic E-state index is 12.8. The fraction of sp³-hybridized carbons (Fsp3) is 0.609. The van der Waals surface area contributed by atoms with Crippen molar-refractivity contribution in [3.05, 3.63) is 47.2 Å². The Balaban J connectivity index is 1.66. The molecule has 152 valence electrons. The van der Waals surface area contributed by atoms with Gasteiger partial charge in [-0.25, -0.2) is 0 Å². The first-order valence-electron chi connectivity index (χ1n) is 10.8. The molecule has 2 N–H and O–H groups in total. The number of hydrogen-bond donors (Lipinski definition) is 2. The molecular formula is C23H33N3O2. The number of rotatable bonds is 4. The number of fused-ring (bicyclic) bond motifs is 2. The zero-order valence-electron chi connectivity index (χ0n) is 17.2. The van der Waals surface area contributed by atoms with E-state index < -0.39 is 0 Å². The van der Waals surface area contributed by atoms with E-state index in [1.165, 1.54) is 16.8 Å². The van der Waals surface area contributed by atoms with Crippen molar-refractivity contribution >= 4 is 5.91 Å². The summed E-state index contributed by atoms with van der Waals surface area (Å²) in [5, 5.41) is 3.50. The lowest BCUT2D eigenvalue weighted by Gasteiger charge is -2.52. The van der Waals surface area contributed by atoms with E-state index in [2.05, 4.69) is 46.0 Å². The molecule has 5 nitrogen and oxygen atoms in total. The minimum Gasteiger partial charge on any atom is -0.335 e. The van der Waals surface area contributed by atoms with E-state index in [9.17, 15) is 4.79 Å². The molecule has 1 amide bonds. The lowest BCUT2D eigenvalue weighted by molar-refractivity contribution is -0.135. The van der Waals surface area contributed by atoms with Crippen molar-refractivity contribution in [2.24, 2.45) is 5.92 Å². The second kappa shape index (κ2) is 8.26. The molecular weight excluding hydrogens is 350 g/mol. The summed E-state index contributed by atoms with van der Waals surface area (Å²) in [4.78, 5) is 20.3. The third-order valence-corrected chi connectivity index (χ3v) is 6.87. The maximum Gasteiger partial charge on any atom is 0.219 e. The van der Waals surface area contributed by atoms with Crippen LogP contribution in [0.25, 0.3) is 0 Å². The highest BCUT2D eigenvalue weighted by molar-refractivity contribution is 5.75. The van der Waals surface area contributed by atoms with E-state index in [0.717, 1.165) is 51.7 Å². The van der Waals surface area contributed by atoms with Gasteiger partial charge in [-0.05, 0) is 69.2 Å². The number of piperidine rings is 1. The molecule has 5 heteroatoms. The predicted octanol–water partition coefficient (Wildman–Crippen LogP) is 3.44. The van der Waals surface area contributed by atoms with E-state index >= 15 is 0 Å². The van der Waals surface area contributed by atoms with Gasteiger partial charge in [-0.15, -0.1) is 0 Å². The molecule has 0 saturated carbocycles. The smallest absolute Gasteiger partial charge is 0.219 e. The van der Waals surface area contributed by atoms with Gasteiger partial charge in [0.05, 0.1) is 12.6 Å². The lowest BCUT2D eigenvalue weighted by atomic mass is 9.65. The minimum absolute atomic E-state index is 0.107. The molecule has 2 unspecified atom stereocenters. The summed E-state index contributed by atoms with van der Waals surface area (Å²) in [6, 6.07) is 9.10. The van der Waals surface area contributed by atoms with Gasteiger partial charge in [0.15, 0.2) is 0 Å². The summed E-state index contributed by atoms with van der Waals surface area (Å²) in [5.41, 5.74) is 7.22. The highest BCUT2D eigenvalue weighted by Gasteiger charge is 2.46. The Morgan fingerprint density at radius 2 is 2.11 bits per heavy atom. The number of carbonyl (C=O) groups excluding carboxylic acids is 1. The van der Waals surface area contributed by atoms with Crippen LogP contribution in [0.5, 0.6) is 0 Å². The molecule has 0 aromatic heterocycles. The molecule has 0 radical (unpaired) electrons. The van der Waals surface area contributed by atoms with Crippen molar-refractivity contribution in [3.63, 3.8) is 0 Å². The Bertz CT molecular complexity index is 739. The van der Waals surface area contributed by atoms with E-state index in [0.29, 0.717) is 12.5 Å². The maximum atomic E-state index is 12.8. The Hall–Kier alpha value is -1.85. The first-order valence-corrected chi connectivity index (χ1v) is 10.8. The summed E-state index contributed by atoms with van der Waals surface area (Å²) in [6.45, 7) is 7.31. The highest BCUT2D eigenvalue weighted by Crippen LogP contribution is 2.49. The molecule has 1 aromatic carbocycles. The Labute approximate surface area is 168 Å². The van der Waals surface area contributed by atoms with E-state index in [4.69, 9.17) is 4.84 Å². The molecule has 1 aromatic rings. The average Bonchev–Trinajstić information content (AvgIpc) is 2.73. The minimum atomic E-state index is 0.107. The Kier molecular flexibility index (Phi) is 5.74. The van der Waals surface area contributed by atoms with Gasteiger partial charge < -0.3 is 10.2 Å². The molecule has 2 aliphatic heterocycles. The molecule has 1 aliphatic carbocycles. The Morgan fingerprint density at radius 3 is 2.79 bits per heavy atom. The van der Waals surface area contributed by atoms with Crippen LogP contribution in [-0.2, 0) is 15.0 Å². The number of nitrogens with zero attached hydrogens (tertiary/aromatic N) is 1. The fourth-order valence-corrected chi connectivity index (χ4v) is 5.46. The fourth-order valence-electron chi connectivity index (χ4n) is 5.46. The van der Waals surface area contributed by atoms with Crippen LogP contribution in [0.15, 0.2) is 36.0 Å². The quantitative estimate of drug-likeness (QED) is 0.782. The third kappa shape index (κ3) is 3.58. The van der Waals surface area contributed by atoms with Crippen LogP contribution >= 0.6 is 0 Å². The number of allylic oxidation sites excluding steroid dienone is 2. The van der Waals surface area contributed by atoms with Crippen LogP contribution in [0.1, 0.15) is 63.1 Å². The molecule has 28 heavy (non-hydrogen) atoms. The average molecular weight is 384 g/mol. The molecule has 1 fully saturated rings. The van der Waals surface area contributed by atoms with Gasteiger partial charge in [-0.3, -0.25) is 15.1 Å². The first kappa shape index (κ1) is 19.5. The second-order valence-electron chi connectivity index (χ2n) is 8.51. The van der Waals surface area contributed by atoms with E-state index in [1.807, 2.05) is 6.92 Å². The van der Waals surface area contributed by atoms with Gasteiger partial charge in [0.25, 0.3) is 0 Å². The SMILES string of the molecule is CCONC1=CCC(C2c3ccccc3C3(CCNCC3)CN2C(C)=O)CC1. The second-order valence-corrected chi connectivity index (χ2v) is 8.51. The molecule has 1 spiro atoms. The van der Waals surface area contributed by atoms with E-state index in [-0.39, 0.29) is 17.4 Å². The number of nitrogens with one attached hydrogen (secondary N) is 2. The largest absolute Gasteiger partial charge is 0.335 e. The first-order chi connectivity index (χ1) is 13.6. The van der Waals surface area contributed by atoms with E-state index in [1.54, 1.807) is 6.92 Å². The van der Waals surface area contributed by atoms with Crippen molar-refractivity contribution in [3.8, 4) is 0 Å². The number of carbonyl (C=O) groups is 1. The number of hydroxylamine groups is 1. The monoisotopic (exact) mass is 383 g/mol. The third-order valence-electron chi connectivity index (χ3n) is 6.87. The summed E-state index contributed by atoms with van der Waals surface area (Å²) in [5.74, 6) is 0.663. The van der Waals surface area contributed by atoms with Crippen molar-refractivity contribution < 1.29 is 9.63 Å². The zero-order valence-corrected chi connectivity index (χ0v) is 17.2. The van der Waals surface area contributed by atoms with Gasteiger partial charge in [-0.1, -0.05) is 30.3 Å². The van der Waals surface area contributed by atoms with Gasteiger partial charge in [0, 0.05) is 24.6 Å². The van der Waals surface area contributed by atoms with Gasteiger partial charge in [0.2, 0.25) is 5.91 Å². The number of hydrogen-bond acceptors (Lipinski definition) is 4. The van der Waals surface area contributed by atoms with Crippen molar-refractivity contribution in [2.75, 3.05) is 26.2 Å². The number of benzene rings is 1. The van der Waals surface area contributed by atoms with Crippen molar-refractivity contribution in [1.82, 2.24) is 15.7 Å². The molecule has 2 atom stereocenters. The van der Waals surface area contributed by atoms with Gasteiger partial charge in [-0.2, -0.15) is 0 Å². The molecule has 4 rings (SSSR count). The standard InChI is InChI=1S/C23H33N3O2/c1-3-28-25-19-10-8-18(9-11-19)22-20-6-4-5-7-21(20)23(12-14-24-15-13-23)16-26(22)17(2)27/h4-7,10,18,22,24-25H,3,8-9,11-16H2,1-2H3. The topological polar surface area (TPSA) is 53.6 Å². The van der Waals surface area contributed by atoms with Gasteiger partial charge in [0.1, 0.15) is 0 Å². The van der Waals surface area contributed by atoms with Crippen LogP contribution in [0, 0.1) is 5.92 Å². The summed E-state index contributed by atoms with van der Waals surface area (Å²) in [6.07, 6.45) is 7.50. The molecule has 2 heterocycles. The normalized spacial score (nSPS) is 26.5. The summed E-state index contributed by atoms with van der Waals surface area (Å²) < 4.78 is 0. The van der Waals surface area contributed by atoms with Crippen LogP contribution in [0.2, 0.25) is 0 Å². The summed E-state index contributed by atoms with van der Waals surface area (Å²) in [7, 11) is 0. The Morgan fingerprint density at radius 1 is 1.32 bits per heavy atom. The highest BCUT2D eigenvalue weighted by atomic mass is 16.6. The molecule has 0 bridgehead atoms. The van der Waals surface area contributed by atoms with Crippen LogP contribution in [0.4, 0.5) is 0 Å². The van der Waals surface area contributed by atoms with Crippen LogP contribution in [-0.4, -0.2) is 37.0 Å². The van der Waals surface area contributed by atoms with Crippen molar-refractivity contribution in [2.45, 2.75) is 57.4 Å². The van der Waals surface area contributed by atoms with Crippen molar-refractivity contribution in [1.29, 1.82) is 0 Å². The predicted molar refractivity (Wildman–Crippen MR) is 111 cm³/mol. The zero-order chi connectivity index (χ0) is 19.6. The number of amides is 1. The van der Waals surface area contributed by atoms with Gasteiger partial charge >= 0.3 is 0 Å². The summed E-state index contributed by atoms with van der Waals surface area (Å²) >= 11 is 0. The molecule has 3 aliphatic rings. The molecule has 1 saturated heterocycles. The van der Waals surface area contributed by atoms with Crippen LogP contribution < -0.4 is 10.8 Å². The lowest BCUT2D eigenvalue weighted by Crippen LogP contribution is -2.55.